The standard InChI is InChI=1S/C20H23N3O2/c1-13(20(21)24)22-11-17(14-7-9-15(25-2)10-8-14)18-12-23-19-6-4-3-5-16(18)19/h3-10,12-13,17,22-23H,11H2,1-2H3,(H2,21,24)/t13-,17-/m1/s1. The summed E-state index contributed by atoms with van der Waals surface area (Å²) >= 11 is 0. The van der Waals surface area contributed by atoms with Crippen molar-refractivity contribution in [3.63, 3.8) is 0 Å². The van der Waals surface area contributed by atoms with Crippen molar-refractivity contribution in [1.82, 2.24) is 10.3 Å². The Bertz CT molecular complexity index is 855. The fourth-order valence-corrected chi connectivity index (χ4v) is 3.02. The van der Waals surface area contributed by atoms with Gasteiger partial charge in [-0.25, -0.2) is 0 Å². The van der Waals surface area contributed by atoms with Gasteiger partial charge in [-0.3, -0.25) is 4.79 Å². The number of hydrogen-bond donors (Lipinski definition) is 3. The van der Waals surface area contributed by atoms with Crippen LogP contribution in [0, 0.1) is 0 Å². The van der Waals surface area contributed by atoms with Gasteiger partial charge in [0.2, 0.25) is 5.91 Å². The van der Waals surface area contributed by atoms with E-state index in [1.807, 2.05) is 30.5 Å². The van der Waals surface area contributed by atoms with E-state index in [9.17, 15) is 4.79 Å². The molecule has 0 saturated carbocycles. The Morgan fingerprint density at radius 1 is 1.20 bits per heavy atom. The third-order valence-corrected chi connectivity index (χ3v) is 4.57. The first-order valence-electron chi connectivity index (χ1n) is 8.33. The largest absolute Gasteiger partial charge is 0.497 e. The van der Waals surface area contributed by atoms with Gasteiger partial charge in [-0.15, -0.1) is 0 Å². The van der Waals surface area contributed by atoms with E-state index < -0.39 is 0 Å². The molecule has 25 heavy (non-hydrogen) atoms. The number of carbonyl (C=O) groups is 1. The highest BCUT2D eigenvalue weighted by atomic mass is 16.5. The molecule has 1 aromatic heterocycles. The lowest BCUT2D eigenvalue weighted by molar-refractivity contribution is -0.119. The third kappa shape index (κ3) is 3.67. The summed E-state index contributed by atoms with van der Waals surface area (Å²) in [5.41, 5.74) is 8.81. The number of H-pyrrole nitrogens is 1. The molecule has 1 heterocycles. The van der Waals surface area contributed by atoms with Crippen molar-refractivity contribution in [3.8, 4) is 5.75 Å². The van der Waals surface area contributed by atoms with Crippen LogP contribution in [-0.2, 0) is 4.79 Å². The molecule has 0 bridgehead atoms. The van der Waals surface area contributed by atoms with Crippen molar-refractivity contribution in [1.29, 1.82) is 0 Å². The third-order valence-electron chi connectivity index (χ3n) is 4.57. The first-order chi connectivity index (χ1) is 12.1. The van der Waals surface area contributed by atoms with E-state index in [1.54, 1.807) is 14.0 Å². The second kappa shape index (κ2) is 7.40. The molecule has 0 spiro atoms. The lowest BCUT2D eigenvalue weighted by atomic mass is 9.90. The molecule has 0 aliphatic heterocycles. The lowest BCUT2D eigenvalue weighted by Gasteiger charge is -2.20. The number of nitrogens with two attached hydrogens (primary N) is 1. The minimum atomic E-state index is -0.383. The van der Waals surface area contributed by atoms with Gasteiger partial charge in [0.1, 0.15) is 5.75 Å². The Morgan fingerprint density at radius 2 is 1.92 bits per heavy atom. The summed E-state index contributed by atoms with van der Waals surface area (Å²) in [4.78, 5) is 14.7. The summed E-state index contributed by atoms with van der Waals surface area (Å²) in [6, 6.07) is 15.8. The van der Waals surface area contributed by atoms with Crippen LogP contribution >= 0.6 is 0 Å². The summed E-state index contributed by atoms with van der Waals surface area (Å²) in [5.74, 6) is 0.552. The number of fused-ring (bicyclic) bond motifs is 1. The minimum Gasteiger partial charge on any atom is -0.497 e. The Morgan fingerprint density at radius 3 is 2.60 bits per heavy atom. The number of rotatable bonds is 7. The van der Waals surface area contributed by atoms with Gasteiger partial charge in [0.25, 0.3) is 0 Å². The smallest absolute Gasteiger partial charge is 0.234 e. The van der Waals surface area contributed by atoms with Crippen LogP contribution in [0.1, 0.15) is 24.0 Å². The average molecular weight is 337 g/mol. The first kappa shape index (κ1) is 17.0. The number of para-hydroxylation sites is 1. The van der Waals surface area contributed by atoms with Crippen LogP contribution in [0.25, 0.3) is 10.9 Å². The number of amides is 1. The molecule has 5 nitrogen and oxygen atoms in total. The topological polar surface area (TPSA) is 80.1 Å². The molecule has 3 aromatic rings. The molecule has 3 rings (SSSR count). The summed E-state index contributed by atoms with van der Waals surface area (Å²) in [6.45, 7) is 2.39. The van der Waals surface area contributed by atoms with Crippen molar-refractivity contribution < 1.29 is 9.53 Å². The Kier molecular flexibility index (Phi) is 5.05. The van der Waals surface area contributed by atoms with Gasteiger partial charge in [-0.1, -0.05) is 30.3 Å². The zero-order valence-corrected chi connectivity index (χ0v) is 14.5. The van der Waals surface area contributed by atoms with E-state index in [1.165, 1.54) is 10.9 Å². The first-order valence-corrected chi connectivity index (χ1v) is 8.33. The van der Waals surface area contributed by atoms with Gasteiger partial charge < -0.3 is 20.8 Å². The monoisotopic (exact) mass is 337 g/mol. The van der Waals surface area contributed by atoms with Crippen LogP contribution in [0.5, 0.6) is 5.75 Å². The van der Waals surface area contributed by atoms with E-state index in [4.69, 9.17) is 10.5 Å². The van der Waals surface area contributed by atoms with E-state index in [-0.39, 0.29) is 17.9 Å². The number of aromatic amines is 1. The Balaban J connectivity index is 1.97. The molecule has 2 aromatic carbocycles. The fraction of sp³-hybridized carbons (Fsp3) is 0.250. The van der Waals surface area contributed by atoms with Crippen molar-refractivity contribution in [2.24, 2.45) is 5.73 Å². The van der Waals surface area contributed by atoms with E-state index in [2.05, 4.69) is 34.6 Å². The van der Waals surface area contributed by atoms with E-state index >= 15 is 0 Å². The molecule has 0 saturated heterocycles. The van der Waals surface area contributed by atoms with Crippen LogP contribution in [0.2, 0.25) is 0 Å². The molecule has 5 heteroatoms. The molecule has 0 fully saturated rings. The second-order valence-corrected chi connectivity index (χ2v) is 6.15. The zero-order chi connectivity index (χ0) is 17.8. The highest BCUT2D eigenvalue weighted by molar-refractivity contribution is 5.84. The lowest BCUT2D eigenvalue weighted by Crippen LogP contribution is -2.40. The van der Waals surface area contributed by atoms with Crippen LogP contribution < -0.4 is 15.8 Å². The highest BCUT2D eigenvalue weighted by Gasteiger charge is 2.20. The molecule has 0 radical (unpaired) electrons. The number of benzene rings is 2. The number of hydrogen-bond acceptors (Lipinski definition) is 3. The minimum absolute atomic E-state index is 0.0869. The summed E-state index contributed by atoms with van der Waals surface area (Å²) in [5, 5.41) is 4.42. The molecule has 130 valence electrons. The Hall–Kier alpha value is -2.79. The number of methoxy groups -OCH3 is 1. The van der Waals surface area contributed by atoms with Crippen molar-refractivity contribution >= 4 is 16.8 Å². The van der Waals surface area contributed by atoms with Gasteiger partial charge in [0.05, 0.1) is 13.2 Å². The van der Waals surface area contributed by atoms with Crippen molar-refractivity contribution in [2.45, 2.75) is 18.9 Å². The molecule has 0 unspecified atom stereocenters. The molecular weight excluding hydrogens is 314 g/mol. The number of ether oxygens (including phenoxy) is 1. The van der Waals surface area contributed by atoms with Gasteiger partial charge >= 0.3 is 0 Å². The summed E-state index contributed by atoms with van der Waals surface area (Å²) in [7, 11) is 1.66. The van der Waals surface area contributed by atoms with Crippen LogP contribution in [0.3, 0.4) is 0 Å². The molecule has 1 amide bonds. The zero-order valence-electron chi connectivity index (χ0n) is 14.5. The predicted molar refractivity (Wildman–Crippen MR) is 99.8 cm³/mol. The maximum absolute atomic E-state index is 11.4. The highest BCUT2D eigenvalue weighted by Crippen LogP contribution is 2.31. The van der Waals surface area contributed by atoms with E-state index in [0.717, 1.165) is 16.8 Å². The van der Waals surface area contributed by atoms with Gasteiger partial charge in [-0.05, 0) is 36.2 Å². The van der Waals surface area contributed by atoms with Crippen molar-refractivity contribution in [3.05, 3.63) is 65.9 Å². The summed E-state index contributed by atoms with van der Waals surface area (Å²) in [6.07, 6.45) is 2.04. The number of primary amides is 1. The van der Waals surface area contributed by atoms with Gasteiger partial charge in [0.15, 0.2) is 0 Å². The quantitative estimate of drug-likeness (QED) is 0.620. The molecular formula is C20H23N3O2. The normalized spacial score (nSPS) is 13.5. The molecule has 4 N–H and O–H groups in total. The second-order valence-electron chi connectivity index (χ2n) is 6.15. The van der Waals surface area contributed by atoms with Crippen molar-refractivity contribution in [2.75, 3.05) is 13.7 Å². The van der Waals surface area contributed by atoms with Crippen LogP contribution in [0.4, 0.5) is 0 Å². The summed E-state index contributed by atoms with van der Waals surface area (Å²) < 4.78 is 5.26. The Labute approximate surface area is 147 Å². The number of aromatic nitrogens is 1. The number of nitrogens with one attached hydrogen (secondary N) is 2. The fourth-order valence-electron chi connectivity index (χ4n) is 3.02. The molecule has 0 aliphatic rings. The molecule has 0 aliphatic carbocycles. The number of carbonyl (C=O) groups excluding carboxylic acids is 1. The maximum atomic E-state index is 11.4. The average Bonchev–Trinajstić information content (AvgIpc) is 3.06. The van der Waals surface area contributed by atoms with Crippen LogP contribution in [-0.4, -0.2) is 30.6 Å². The predicted octanol–water partition coefficient (Wildman–Crippen LogP) is 2.77. The molecule has 2 atom stereocenters. The van der Waals surface area contributed by atoms with Gasteiger partial charge in [0, 0.05) is 29.6 Å². The van der Waals surface area contributed by atoms with Crippen LogP contribution in [0.15, 0.2) is 54.7 Å². The maximum Gasteiger partial charge on any atom is 0.234 e. The van der Waals surface area contributed by atoms with Gasteiger partial charge in [-0.2, -0.15) is 0 Å². The van der Waals surface area contributed by atoms with E-state index in [0.29, 0.717) is 6.54 Å². The SMILES string of the molecule is COc1ccc([C@@H](CN[C@H](C)C(N)=O)c2c[nH]c3ccccc23)cc1.